The van der Waals surface area contributed by atoms with E-state index in [0.29, 0.717) is 0 Å². The molecule has 2 atom stereocenters. The van der Waals surface area contributed by atoms with Gasteiger partial charge in [0.05, 0.1) is 6.61 Å². The highest BCUT2D eigenvalue weighted by Crippen LogP contribution is 2.47. The highest BCUT2D eigenvalue weighted by molar-refractivity contribution is 9.10. The van der Waals surface area contributed by atoms with Crippen molar-refractivity contribution in [1.82, 2.24) is 0 Å². The van der Waals surface area contributed by atoms with Crippen LogP contribution in [0.2, 0.25) is 0 Å². The van der Waals surface area contributed by atoms with Crippen molar-refractivity contribution in [1.29, 1.82) is 0 Å². The second kappa shape index (κ2) is 5.27. The van der Waals surface area contributed by atoms with Crippen molar-refractivity contribution in [2.75, 3.05) is 6.61 Å². The smallest absolute Gasteiger partial charge is 0.125 e. The van der Waals surface area contributed by atoms with Crippen LogP contribution in [-0.4, -0.2) is 12.1 Å². The molecule has 2 unspecified atom stereocenters. The van der Waals surface area contributed by atoms with Crippen LogP contribution in [-0.2, 0) is 12.8 Å². The average molecular weight is 350 g/mol. The van der Waals surface area contributed by atoms with Crippen molar-refractivity contribution in [2.45, 2.75) is 56.9 Å². The molecule has 0 saturated heterocycles. The Kier molecular flexibility index (Phi) is 3.54. The monoisotopic (exact) mass is 349 g/mol. The zero-order valence-electron chi connectivity index (χ0n) is 12.5. The fourth-order valence-electron chi connectivity index (χ4n) is 4.43. The van der Waals surface area contributed by atoms with Gasteiger partial charge >= 0.3 is 0 Å². The number of benzene rings is 1. The first-order valence-corrected chi connectivity index (χ1v) is 9.15. The SMILES string of the molecule is NC1(Cc2cc(Br)cc3c2OCC3)CCCC(C2CC2)C1. The lowest BCUT2D eigenvalue weighted by molar-refractivity contribution is 0.203. The lowest BCUT2D eigenvalue weighted by Gasteiger charge is -2.38. The molecule has 114 valence electrons. The summed E-state index contributed by atoms with van der Waals surface area (Å²) in [5, 5.41) is 0. The van der Waals surface area contributed by atoms with Crippen LogP contribution >= 0.6 is 15.9 Å². The molecule has 2 aliphatic carbocycles. The first-order valence-electron chi connectivity index (χ1n) is 8.36. The van der Waals surface area contributed by atoms with E-state index in [0.717, 1.165) is 43.5 Å². The molecule has 0 spiro atoms. The summed E-state index contributed by atoms with van der Waals surface area (Å²) in [6.45, 7) is 0.820. The first-order chi connectivity index (χ1) is 10.1. The molecular formula is C18H24BrNO. The Morgan fingerprint density at radius 1 is 1.24 bits per heavy atom. The van der Waals surface area contributed by atoms with Gasteiger partial charge in [-0.05, 0) is 67.2 Å². The minimum atomic E-state index is -0.0218. The number of rotatable bonds is 3. The summed E-state index contributed by atoms with van der Waals surface area (Å²) in [4.78, 5) is 0. The topological polar surface area (TPSA) is 35.2 Å². The Hall–Kier alpha value is -0.540. The lowest BCUT2D eigenvalue weighted by atomic mass is 9.71. The maximum atomic E-state index is 6.82. The van der Waals surface area contributed by atoms with E-state index in [1.54, 1.807) is 0 Å². The van der Waals surface area contributed by atoms with Crippen LogP contribution in [0, 0.1) is 11.8 Å². The first kappa shape index (κ1) is 14.1. The van der Waals surface area contributed by atoms with E-state index in [-0.39, 0.29) is 5.54 Å². The van der Waals surface area contributed by atoms with Crippen molar-refractivity contribution in [3.05, 3.63) is 27.7 Å². The Morgan fingerprint density at radius 2 is 2.10 bits per heavy atom. The number of hydrogen-bond donors (Lipinski definition) is 1. The van der Waals surface area contributed by atoms with E-state index in [1.807, 2.05) is 0 Å². The highest BCUT2D eigenvalue weighted by Gasteiger charge is 2.40. The van der Waals surface area contributed by atoms with Crippen molar-refractivity contribution in [3.63, 3.8) is 0 Å². The summed E-state index contributed by atoms with van der Waals surface area (Å²) in [6, 6.07) is 4.42. The molecule has 1 aromatic rings. The third-order valence-electron chi connectivity index (χ3n) is 5.57. The van der Waals surface area contributed by atoms with Crippen LogP contribution in [0.3, 0.4) is 0 Å². The fraction of sp³-hybridized carbons (Fsp3) is 0.667. The summed E-state index contributed by atoms with van der Waals surface area (Å²) in [5.74, 6) is 2.99. The quantitative estimate of drug-likeness (QED) is 0.886. The van der Waals surface area contributed by atoms with E-state index in [4.69, 9.17) is 10.5 Å². The maximum absolute atomic E-state index is 6.82. The van der Waals surface area contributed by atoms with Gasteiger partial charge in [-0.15, -0.1) is 0 Å². The molecule has 2 N–H and O–H groups in total. The minimum absolute atomic E-state index is 0.0218. The van der Waals surface area contributed by atoms with Crippen molar-refractivity contribution >= 4 is 15.9 Å². The molecule has 1 aromatic carbocycles. The normalized spacial score (nSPS) is 31.8. The molecule has 4 rings (SSSR count). The predicted molar refractivity (Wildman–Crippen MR) is 88.6 cm³/mol. The number of ether oxygens (including phenoxy) is 1. The van der Waals surface area contributed by atoms with E-state index in [1.165, 1.54) is 47.7 Å². The van der Waals surface area contributed by atoms with Gasteiger partial charge in [-0.2, -0.15) is 0 Å². The Bertz CT molecular complexity index is 554. The highest BCUT2D eigenvalue weighted by atomic mass is 79.9. The van der Waals surface area contributed by atoms with Crippen LogP contribution in [0.25, 0.3) is 0 Å². The molecule has 0 radical (unpaired) electrons. The number of halogens is 1. The van der Waals surface area contributed by atoms with Crippen LogP contribution in [0.1, 0.15) is 49.7 Å². The van der Waals surface area contributed by atoms with Crippen molar-refractivity contribution in [2.24, 2.45) is 17.6 Å². The summed E-state index contributed by atoms with van der Waals surface area (Å²) >= 11 is 3.65. The predicted octanol–water partition coefficient (Wildman–Crippen LogP) is 4.22. The number of hydrogen-bond acceptors (Lipinski definition) is 2. The van der Waals surface area contributed by atoms with E-state index >= 15 is 0 Å². The van der Waals surface area contributed by atoms with Gasteiger partial charge in [-0.1, -0.05) is 28.8 Å². The van der Waals surface area contributed by atoms with Gasteiger partial charge in [0.25, 0.3) is 0 Å². The molecule has 3 aliphatic rings. The molecule has 1 heterocycles. The molecule has 21 heavy (non-hydrogen) atoms. The van der Waals surface area contributed by atoms with Gasteiger partial charge in [0.1, 0.15) is 5.75 Å². The fourth-order valence-corrected chi connectivity index (χ4v) is 4.98. The lowest BCUT2D eigenvalue weighted by Crippen LogP contribution is -2.46. The molecule has 0 aromatic heterocycles. The second-order valence-corrected chi connectivity index (χ2v) is 8.30. The van der Waals surface area contributed by atoms with Gasteiger partial charge < -0.3 is 10.5 Å². The summed E-state index contributed by atoms with van der Waals surface area (Å²) in [7, 11) is 0. The minimum Gasteiger partial charge on any atom is -0.493 e. The van der Waals surface area contributed by atoms with Gasteiger partial charge in [0.2, 0.25) is 0 Å². The Morgan fingerprint density at radius 3 is 2.90 bits per heavy atom. The van der Waals surface area contributed by atoms with Crippen LogP contribution < -0.4 is 10.5 Å². The molecule has 2 saturated carbocycles. The molecule has 0 amide bonds. The Balaban J connectivity index is 1.57. The molecule has 0 bridgehead atoms. The zero-order chi connectivity index (χ0) is 14.4. The molecular weight excluding hydrogens is 326 g/mol. The van der Waals surface area contributed by atoms with Crippen LogP contribution in [0.15, 0.2) is 16.6 Å². The van der Waals surface area contributed by atoms with Gasteiger partial charge in [-0.25, -0.2) is 0 Å². The molecule has 3 heteroatoms. The maximum Gasteiger partial charge on any atom is 0.125 e. The number of nitrogens with two attached hydrogens (primary N) is 1. The second-order valence-electron chi connectivity index (χ2n) is 7.38. The van der Waals surface area contributed by atoms with Crippen molar-refractivity contribution in [3.8, 4) is 5.75 Å². The van der Waals surface area contributed by atoms with Gasteiger partial charge in [0.15, 0.2) is 0 Å². The average Bonchev–Trinajstić information content (AvgIpc) is 3.17. The zero-order valence-corrected chi connectivity index (χ0v) is 14.1. The third-order valence-corrected chi connectivity index (χ3v) is 6.03. The Labute approximate surface area is 135 Å². The number of fused-ring (bicyclic) bond motifs is 1. The van der Waals surface area contributed by atoms with Crippen LogP contribution in [0.4, 0.5) is 0 Å². The van der Waals surface area contributed by atoms with Gasteiger partial charge in [-0.3, -0.25) is 0 Å². The molecule has 2 nitrogen and oxygen atoms in total. The third kappa shape index (κ3) is 2.87. The van der Waals surface area contributed by atoms with E-state index in [2.05, 4.69) is 28.1 Å². The van der Waals surface area contributed by atoms with E-state index < -0.39 is 0 Å². The van der Waals surface area contributed by atoms with Crippen molar-refractivity contribution < 1.29 is 4.74 Å². The van der Waals surface area contributed by atoms with E-state index in [9.17, 15) is 0 Å². The molecule has 1 aliphatic heterocycles. The van der Waals surface area contributed by atoms with Gasteiger partial charge in [0, 0.05) is 16.4 Å². The summed E-state index contributed by atoms with van der Waals surface area (Å²) in [5.41, 5.74) is 9.46. The summed E-state index contributed by atoms with van der Waals surface area (Å²) < 4.78 is 7.05. The molecule has 2 fully saturated rings. The largest absolute Gasteiger partial charge is 0.493 e. The summed E-state index contributed by atoms with van der Waals surface area (Å²) in [6.07, 6.45) is 9.95. The van der Waals surface area contributed by atoms with Crippen LogP contribution in [0.5, 0.6) is 5.75 Å². The standard InChI is InChI=1S/C18H24BrNO/c19-16-8-13-5-7-21-17(13)15(9-16)11-18(20)6-1-2-14(10-18)12-3-4-12/h8-9,12,14H,1-7,10-11,20H2.